The summed E-state index contributed by atoms with van der Waals surface area (Å²) in [7, 11) is -3.48. The molecule has 6 N–H and O–H groups in total. The van der Waals surface area contributed by atoms with Gasteiger partial charge in [0.1, 0.15) is 21.9 Å². The number of hydrogen-bond donors (Lipinski definition) is 6. The molecule has 52 heavy (non-hydrogen) atoms. The Balaban J connectivity index is 3.09. The summed E-state index contributed by atoms with van der Waals surface area (Å²) in [5, 5.41) is 25.8. The number of carbonyl (C=O) groups excluding carboxylic acids is 4. The molecule has 298 valence electrons. The fraction of sp³-hybridized carbons (Fsp3) is 0.737. The van der Waals surface area contributed by atoms with Crippen LogP contribution in [0.3, 0.4) is 0 Å². The van der Waals surface area contributed by atoms with Gasteiger partial charge in [-0.25, -0.2) is 8.42 Å². The summed E-state index contributed by atoms with van der Waals surface area (Å²) in [6.45, 7) is 19.2. The molecule has 0 aliphatic heterocycles. The fourth-order valence-corrected chi connectivity index (χ4v) is 6.11. The summed E-state index contributed by atoms with van der Waals surface area (Å²) in [6.07, 6.45) is 0.509. The quantitative estimate of drug-likeness (QED) is 0.0912. The van der Waals surface area contributed by atoms with Crippen molar-refractivity contribution in [1.29, 1.82) is 0 Å². The van der Waals surface area contributed by atoms with Gasteiger partial charge in [0.25, 0.3) is 0 Å². The maximum absolute atomic E-state index is 13.8. The van der Waals surface area contributed by atoms with Crippen LogP contribution in [0.25, 0.3) is 0 Å². The Bertz CT molecular complexity index is 1360. The van der Waals surface area contributed by atoms with E-state index in [2.05, 4.69) is 26.6 Å². The molecule has 0 radical (unpaired) electrons. The molecular weight excluding hydrogens is 687 g/mol. The fourth-order valence-electron chi connectivity index (χ4n) is 5.45. The van der Waals surface area contributed by atoms with Gasteiger partial charge in [0.05, 0.1) is 36.3 Å². The lowest BCUT2D eigenvalue weighted by Crippen LogP contribution is -2.57. The molecule has 0 aromatic heterocycles. The van der Waals surface area contributed by atoms with Crippen LogP contribution in [0.5, 0.6) is 0 Å². The molecule has 0 unspecified atom stereocenters. The minimum atomic E-state index is -3.48. The van der Waals surface area contributed by atoms with Crippen molar-refractivity contribution in [2.75, 3.05) is 18.7 Å². The third kappa shape index (κ3) is 19.7. The molecule has 0 bridgehead atoms. The number of amides is 4. The smallest absolute Gasteiger partial charge is 0.243 e. The van der Waals surface area contributed by atoms with E-state index in [0.29, 0.717) is 19.4 Å². The van der Waals surface area contributed by atoms with Gasteiger partial charge in [0, 0.05) is 18.7 Å². The zero-order valence-corrected chi connectivity index (χ0v) is 34.1. The zero-order valence-electron chi connectivity index (χ0n) is 33.2. The molecule has 14 heteroatoms. The standard InChI is InChI=1S/C38H67N5O8S/c1-24(2)19-30(32(44)21-27(7)34(45)43-33(26(5)6)37(48)39-22-28-15-13-12-14-16-28)42-35(46)29(17-18-52(11,49)50)41-36(47)31(20-25(3)4)40-23-51-38(8,9)10/h12-16,24-27,29-33,40,44H,17-23H2,1-11H3,(H,39,48)(H,41,47)(H,42,46)(H,43,45)/t27-,29+,30+,31+,32+,33+/m1/s1. The van der Waals surface area contributed by atoms with Crippen molar-refractivity contribution in [2.45, 2.75) is 137 Å². The number of carbonyl (C=O) groups is 4. The van der Waals surface area contributed by atoms with Crippen LogP contribution in [0, 0.1) is 23.7 Å². The highest BCUT2D eigenvalue weighted by atomic mass is 32.2. The highest BCUT2D eigenvalue weighted by Gasteiger charge is 2.33. The van der Waals surface area contributed by atoms with Gasteiger partial charge in [-0.05, 0) is 69.8 Å². The molecule has 0 saturated carbocycles. The van der Waals surface area contributed by atoms with Crippen LogP contribution >= 0.6 is 0 Å². The van der Waals surface area contributed by atoms with Crippen molar-refractivity contribution in [3.8, 4) is 0 Å². The molecule has 13 nitrogen and oxygen atoms in total. The molecule has 0 spiro atoms. The first kappa shape index (κ1) is 47.0. The van der Waals surface area contributed by atoms with Crippen molar-refractivity contribution >= 4 is 33.5 Å². The van der Waals surface area contributed by atoms with Crippen LogP contribution in [-0.4, -0.2) is 91.8 Å². The van der Waals surface area contributed by atoms with E-state index in [-0.39, 0.29) is 49.0 Å². The van der Waals surface area contributed by atoms with Crippen molar-refractivity contribution in [3.63, 3.8) is 0 Å². The van der Waals surface area contributed by atoms with E-state index in [9.17, 15) is 32.7 Å². The van der Waals surface area contributed by atoms with Gasteiger partial charge in [-0.2, -0.15) is 0 Å². The monoisotopic (exact) mass is 753 g/mol. The van der Waals surface area contributed by atoms with E-state index in [1.807, 2.05) is 92.6 Å². The van der Waals surface area contributed by atoms with Crippen molar-refractivity contribution in [1.82, 2.24) is 26.6 Å². The number of aliphatic hydroxyl groups is 1. The van der Waals surface area contributed by atoms with Crippen LogP contribution in [0.4, 0.5) is 0 Å². The number of benzene rings is 1. The summed E-state index contributed by atoms with van der Waals surface area (Å²) >= 11 is 0. The van der Waals surface area contributed by atoms with Crippen LogP contribution < -0.4 is 26.6 Å². The number of nitrogens with one attached hydrogen (secondary N) is 5. The third-order valence-corrected chi connectivity index (χ3v) is 9.36. The highest BCUT2D eigenvalue weighted by molar-refractivity contribution is 7.90. The zero-order chi connectivity index (χ0) is 39.8. The minimum absolute atomic E-state index is 0.0194. The van der Waals surface area contributed by atoms with Crippen LogP contribution in [-0.2, 0) is 40.3 Å². The summed E-state index contributed by atoms with van der Waals surface area (Å²) in [5.74, 6) is -2.94. The SMILES string of the molecule is CC(C)C[C@H](NCOC(C)(C)C)C(=O)N[C@@H](CCS(C)(=O)=O)C(=O)N[C@@H](CC(C)C)[C@@H](O)C[C@@H](C)C(=O)N[C@H](C(=O)NCc1ccccc1)C(C)C. The summed E-state index contributed by atoms with van der Waals surface area (Å²) in [4.78, 5) is 53.6. The van der Waals surface area contributed by atoms with E-state index in [1.165, 1.54) is 0 Å². The second kappa shape index (κ2) is 22.2. The van der Waals surface area contributed by atoms with Gasteiger partial charge in [0.15, 0.2) is 0 Å². The topological polar surface area (TPSA) is 192 Å². The van der Waals surface area contributed by atoms with Crippen molar-refractivity contribution < 1.29 is 37.4 Å². The second-order valence-corrected chi connectivity index (χ2v) is 18.4. The first-order chi connectivity index (χ1) is 24.0. The Kier molecular flexibility index (Phi) is 20.1. The molecule has 0 saturated heterocycles. The Hall–Kier alpha value is -3.07. The van der Waals surface area contributed by atoms with Crippen molar-refractivity contribution in [2.24, 2.45) is 23.7 Å². The van der Waals surface area contributed by atoms with Crippen LogP contribution in [0.15, 0.2) is 30.3 Å². The molecule has 4 amide bonds. The predicted octanol–water partition coefficient (Wildman–Crippen LogP) is 3.06. The van der Waals surface area contributed by atoms with Crippen molar-refractivity contribution in [3.05, 3.63) is 35.9 Å². The third-order valence-electron chi connectivity index (χ3n) is 8.39. The van der Waals surface area contributed by atoms with Crippen LogP contribution in [0.1, 0.15) is 100 Å². The minimum Gasteiger partial charge on any atom is -0.391 e. The average Bonchev–Trinajstić information content (AvgIpc) is 3.02. The normalized spacial score (nSPS) is 15.8. The van der Waals surface area contributed by atoms with Gasteiger partial charge < -0.3 is 31.1 Å². The van der Waals surface area contributed by atoms with Crippen LogP contribution in [0.2, 0.25) is 0 Å². The average molecular weight is 754 g/mol. The van der Waals surface area contributed by atoms with Gasteiger partial charge in [-0.15, -0.1) is 0 Å². The number of aliphatic hydroxyl groups excluding tert-OH is 1. The Morgan fingerprint density at radius 2 is 1.35 bits per heavy atom. The van der Waals surface area contributed by atoms with E-state index in [4.69, 9.17) is 4.74 Å². The largest absolute Gasteiger partial charge is 0.391 e. The maximum Gasteiger partial charge on any atom is 0.243 e. The molecule has 1 rings (SSSR count). The predicted molar refractivity (Wildman–Crippen MR) is 205 cm³/mol. The summed E-state index contributed by atoms with van der Waals surface area (Å²) in [6, 6.07) is 5.92. The lowest BCUT2D eigenvalue weighted by molar-refractivity contribution is -0.133. The molecular formula is C38H67N5O8S. The molecule has 1 aromatic carbocycles. The first-order valence-electron chi connectivity index (χ1n) is 18.4. The lowest BCUT2D eigenvalue weighted by atomic mass is 9.91. The Morgan fingerprint density at radius 1 is 0.769 bits per heavy atom. The second-order valence-electron chi connectivity index (χ2n) is 16.1. The molecule has 0 aliphatic rings. The molecule has 0 aliphatic carbocycles. The van der Waals surface area contributed by atoms with E-state index < -0.39 is 69.3 Å². The van der Waals surface area contributed by atoms with E-state index >= 15 is 0 Å². The van der Waals surface area contributed by atoms with Gasteiger partial charge in [-0.3, -0.25) is 24.5 Å². The van der Waals surface area contributed by atoms with Gasteiger partial charge in [0.2, 0.25) is 23.6 Å². The Labute approximate surface area is 312 Å². The molecule has 0 fully saturated rings. The number of sulfone groups is 1. The van der Waals surface area contributed by atoms with E-state index in [1.54, 1.807) is 6.92 Å². The lowest BCUT2D eigenvalue weighted by Gasteiger charge is -2.31. The first-order valence-corrected chi connectivity index (χ1v) is 20.5. The number of rotatable bonds is 23. The number of hydrogen-bond acceptors (Lipinski definition) is 9. The Morgan fingerprint density at radius 3 is 1.87 bits per heavy atom. The van der Waals surface area contributed by atoms with Gasteiger partial charge in [-0.1, -0.05) is 78.8 Å². The van der Waals surface area contributed by atoms with Gasteiger partial charge >= 0.3 is 0 Å². The summed E-state index contributed by atoms with van der Waals surface area (Å²) in [5.41, 5.74) is 0.483. The summed E-state index contributed by atoms with van der Waals surface area (Å²) < 4.78 is 30.0. The molecule has 0 heterocycles. The highest BCUT2D eigenvalue weighted by Crippen LogP contribution is 2.17. The molecule has 6 atom stereocenters. The number of ether oxygens (including phenoxy) is 1. The maximum atomic E-state index is 13.8. The molecule has 1 aromatic rings. The van der Waals surface area contributed by atoms with E-state index in [0.717, 1.165) is 11.8 Å².